The average molecular weight is 353 g/mol. The number of hydrogen-bond acceptors (Lipinski definition) is 3. The van der Waals surface area contributed by atoms with Gasteiger partial charge in [0.15, 0.2) is 0 Å². The van der Waals surface area contributed by atoms with Gasteiger partial charge in [0.05, 0.1) is 13.2 Å². The zero-order chi connectivity index (χ0) is 14.8. The lowest BCUT2D eigenvalue weighted by atomic mass is 10.1. The Labute approximate surface area is 134 Å². The largest absolute Gasteiger partial charge is 0.379 e. The van der Waals surface area contributed by atoms with Gasteiger partial charge in [-0.2, -0.15) is 0 Å². The Bertz CT molecular complexity index is 529. The molecule has 0 N–H and O–H groups in total. The van der Waals surface area contributed by atoms with E-state index in [0.717, 1.165) is 61.4 Å². The van der Waals surface area contributed by atoms with E-state index in [0.29, 0.717) is 6.04 Å². The predicted octanol–water partition coefficient (Wildman–Crippen LogP) is 2.30. The van der Waals surface area contributed by atoms with Gasteiger partial charge in [-0.15, -0.1) is 0 Å². The fourth-order valence-corrected chi connectivity index (χ4v) is 3.45. The standard InChI is InChI=1S/C16H21BrN2O2/c1-12-2-3-13(10-15(12)17)16(20)19-5-4-14(11-19)18-6-8-21-9-7-18/h2-3,10,14H,4-9,11H2,1H3. The molecule has 3 rings (SSSR count). The minimum Gasteiger partial charge on any atom is -0.379 e. The quantitative estimate of drug-likeness (QED) is 0.818. The van der Waals surface area contributed by atoms with E-state index >= 15 is 0 Å². The number of halogens is 1. The Hall–Kier alpha value is -0.910. The zero-order valence-corrected chi connectivity index (χ0v) is 13.9. The number of carbonyl (C=O) groups excluding carboxylic acids is 1. The highest BCUT2D eigenvalue weighted by Crippen LogP contribution is 2.22. The van der Waals surface area contributed by atoms with Crippen LogP contribution in [0.1, 0.15) is 22.3 Å². The van der Waals surface area contributed by atoms with Gasteiger partial charge in [0, 0.05) is 42.3 Å². The van der Waals surface area contributed by atoms with E-state index in [4.69, 9.17) is 4.74 Å². The Kier molecular flexibility index (Phi) is 4.62. The van der Waals surface area contributed by atoms with Crippen LogP contribution in [0.3, 0.4) is 0 Å². The number of rotatable bonds is 2. The Balaban J connectivity index is 1.64. The molecule has 2 saturated heterocycles. The predicted molar refractivity (Wildman–Crippen MR) is 85.6 cm³/mol. The highest BCUT2D eigenvalue weighted by molar-refractivity contribution is 9.10. The van der Waals surface area contributed by atoms with E-state index in [9.17, 15) is 4.79 Å². The summed E-state index contributed by atoms with van der Waals surface area (Å²) in [6, 6.07) is 6.34. The highest BCUT2D eigenvalue weighted by Gasteiger charge is 2.31. The first-order chi connectivity index (χ1) is 10.1. The second-order valence-corrected chi connectivity index (χ2v) is 6.66. The molecule has 0 bridgehead atoms. The number of nitrogens with zero attached hydrogens (tertiary/aromatic N) is 2. The van der Waals surface area contributed by atoms with Crippen LogP contribution in [0.15, 0.2) is 22.7 Å². The number of carbonyl (C=O) groups is 1. The van der Waals surface area contributed by atoms with Crippen LogP contribution in [0.25, 0.3) is 0 Å². The van der Waals surface area contributed by atoms with Crippen molar-refractivity contribution in [2.45, 2.75) is 19.4 Å². The molecule has 1 amide bonds. The van der Waals surface area contributed by atoms with Crippen LogP contribution in [0.5, 0.6) is 0 Å². The number of hydrogen-bond donors (Lipinski definition) is 0. The molecule has 0 aromatic heterocycles. The van der Waals surface area contributed by atoms with Crippen LogP contribution < -0.4 is 0 Å². The molecule has 1 aromatic carbocycles. The monoisotopic (exact) mass is 352 g/mol. The van der Waals surface area contributed by atoms with Gasteiger partial charge in [0.25, 0.3) is 5.91 Å². The minimum atomic E-state index is 0.145. The molecule has 1 atom stereocenters. The summed E-state index contributed by atoms with van der Waals surface area (Å²) in [6.07, 6.45) is 1.07. The summed E-state index contributed by atoms with van der Waals surface area (Å²) in [5.74, 6) is 0.145. The molecule has 0 aliphatic carbocycles. The number of likely N-dealkylation sites (tertiary alicyclic amines) is 1. The maximum atomic E-state index is 12.6. The fraction of sp³-hybridized carbons (Fsp3) is 0.562. The first-order valence-corrected chi connectivity index (χ1v) is 8.31. The van der Waals surface area contributed by atoms with E-state index in [-0.39, 0.29) is 5.91 Å². The van der Waals surface area contributed by atoms with Crippen molar-refractivity contribution in [3.8, 4) is 0 Å². The van der Waals surface area contributed by atoms with Crippen molar-refractivity contribution in [3.63, 3.8) is 0 Å². The smallest absolute Gasteiger partial charge is 0.253 e. The summed E-state index contributed by atoms with van der Waals surface area (Å²) >= 11 is 3.50. The van der Waals surface area contributed by atoms with Crippen molar-refractivity contribution in [1.82, 2.24) is 9.80 Å². The third-order valence-corrected chi connectivity index (χ3v) is 5.29. The second-order valence-electron chi connectivity index (χ2n) is 5.81. The minimum absolute atomic E-state index is 0.145. The maximum Gasteiger partial charge on any atom is 0.253 e. The van der Waals surface area contributed by atoms with E-state index in [1.165, 1.54) is 0 Å². The van der Waals surface area contributed by atoms with Crippen LogP contribution in [0, 0.1) is 6.92 Å². The molecule has 2 heterocycles. The lowest BCUT2D eigenvalue weighted by Gasteiger charge is -2.32. The van der Waals surface area contributed by atoms with Gasteiger partial charge in [-0.05, 0) is 31.0 Å². The van der Waals surface area contributed by atoms with Crippen LogP contribution in [-0.2, 0) is 4.74 Å². The van der Waals surface area contributed by atoms with Crippen molar-refractivity contribution in [2.75, 3.05) is 39.4 Å². The van der Waals surface area contributed by atoms with Crippen LogP contribution in [-0.4, -0.2) is 61.1 Å². The molecule has 21 heavy (non-hydrogen) atoms. The molecule has 0 spiro atoms. The van der Waals surface area contributed by atoms with E-state index in [1.807, 2.05) is 30.0 Å². The number of amides is 1. The normalized spacial score (nSPS) is 23.5. The third kappa shape index (κ3) is 3.30. The van der Waals surface area contributed by atoms with Crippen molar-refractivity contribution >= 4 is 21.8 Å². The molecule has 0 radical (unpaired) electrons. The topological polar surface area (TPSA) is 32.8 Å². The molecule has 114 valence electrons. The summed E-state index contributed by atoms with van der Waals surface area (Å²) < 4.78 is 6.40. The van der Waals surface area contributed by atoms with Crippen molar-refractivity contribution < 1.29 is 9.53 Å². The van der Waals surface area contributed by atoms with Crippen LogP contribution in [0.4, 0.5) is 0 Å². The van der Waals surface area contributed by atoms with Crippen LogP contribution >= 0.6 is 15.9 Å². The fourth-order valence-electron chi connectivity index (χ4n) is 3.08. The van der Waals surface area contributed by atoms with Crippen molar-refractivity contribution in [1.29, 1.82) is 0 Å². The summed E-state index contributed by atoms with van der Waals surface area (Å²) in [6.45, 7) is 7.33. The van der Waals surface area contributed by atoms with Crippen molar-refractivity contribution in [2.24, 2.45) is 0 Å². The molecule has 1 unspecified atom stereocenters. The highest BCUT2D eigenvalue weighted by atomic mass is 79.9. The Morgan fingerprint density at radius 1 is 1.29 bits per heavy atom. The molecule has 2 aliphatic heterocycles. The van der Waals surface area contributed by atoms with Gasteiger partial charge in [-0.3, -0.25) is 9.69 Å². The van der Waals surface area contributed by atoms with Crippen LogP contribution in [0.2, 0.25) is 0 Å². The first kappa shape index (κ1) is 15.0. The molecule has 4 nitrogen and oxygen atoms in total. The molecule has 2 aliphatic rings. The average Bonchev–Trinajstić information content (AvgIpc) is 3.00. The Morgan fingerprint density at radius 3 is 2.76 bits per heavy atom. The molecular weight excluding hydrogens is 332 g/mol. The number of benzene rings is 1. The molecule has 2 fully saturated rings. The molecule has 0 saturated carbocycles. The maximum absolute atomic E-state index is 12.6. The van der Waals surface area contributed by atoms with Gasteiger partial charge in [0.1, 0.15) is 0 Å². The summed E-state index contributed by atoms with van der Waals surface area (Å²) in [5.41, 5.74) is 1.93. The molecule has 5 heteroatoms. The second kappa shape index (κ2) is 6.46. The number of morpholine rings is 1. The van der Waals surface area contributed by atoms with Gasteiger partial charge in [-0.1, -0.05) is 22.0 Å². The van der Waals surface area contributed by atoms with Gasteiger partial charge >= 0.3 is 0 Å². The van der Waals surface area contributed by atoms with E-state index < -0.39 is 0 Å². The van der Waals surface area contributed by atoms with E-state index in [2.05, 4.69) is 20.8 Å². The van der Waals surface area contributed by atoms with Gasteiger partial charge in [-0.25, -0.2) is 0 Å². The number of aryl methyl sites for hydroxylation is 1. The number of ether oxygens (including phenoxy) is 1. The third-order valence-electron chi connectivity index (χ3n) is 4.43. The van der Waals surface area contributed by atoms with E-state index in [1.54, 1.807) is 0 Å². The first-order valence-electron chi connectivity index (χ1n) is 7.52. The summed E-state index contributed by atoms with van der Waals surface area (Å²) in [5, 5.41) is 0. The lowest BCUT2D eigenvalue weighted by Crippen LogP contribution is -2.45. The molecule has 1 aromatic rings. The van der Waals surface area contributed by atoms with Gasteiger partial charge in [0.2, 0.25) is 0 Å². The summed E-state index contributed by atoms with van der Waals surface area (Å²) in [7, 11) is 0. The lowest BCUT2D eigenvalue weighted by molar-refractivity contribution is 0.0185. The zero-order valence-electron chi connectivity index (χ0n) is 12.3. The SMILES string of the molecule is Cc1ccc(C(=O)N2CCC(N3CCOCC3)C2)cc1Br. The Morgan fingerprint density at radius 2 is 2.05 bits per heavy atom. The summed E-state index contributed by atoms with van der Waals surface area (Å²) in [4.78, 5) is 17.0. The molecular formula is C16H21BrN2O2. The van der Waals surface area contributed by atoms with Gasteiger partial charge < -0.3 is 9.64 Å². The van der Waals surface area contributed by atoms with Crippen molar-refractivity contribution in [3.05, 3.63) is 33.8 Å².